The second-order valence-corrected chi connectivity index (χ2v) is 10.6. The lowest BCUT2D eigenvalue weighted by Crippen LogP contribution is -2.55. The Hall–Kier alpha value is -3.58. The Balaban J connectivity index is 1.53. The number of likely N-dealkylation sites (tertiary alicyclic amines) is 1. The molecule has 13 nitrogen and oxygen atoms in total. The number of aliphatic hydroxyl groups is 1. The molecule has 3 aliphatic rings. The van der Waals surface area contributed by atoms with Crippen molar-refractivity contribution in [2.75, 3.05) is 24.5 Å². The van der Waals surface area contributed by atoms with Crippen molar-refractivity contribution in [3.63, 3.8) is 0 Å². The predicted octanol–water partition coefficient (Wildman–Crippen LogP) is 0.828. The van der Waals surface area contributed by atoms with Gasteiger partial charge in [-0.3, -0.25) is 19.3 Å². The molecule has 2 heterocycles. The van der Waals surface area contributed by atoms with Gasteiger partial charge in [-0.15, -0.1) is 0 Å². The van der Waals surface area contributed by atoms with Crippen LogP contribution in [0.2, 0.25) is 5.02 Å². The van der Waals surface area contributed by atoms with Crippen LogP contribution in [0.5, 0.6) is 0 Å². The van der Waals surface area contributed by atoms with E-state index < -0.39 is 60.2 Å². The molecule has 2 aliphatic heterocycles. The number of benzene rings is 1. The Morgan fingerprint density at radius 1 is 1.23 bits per heavy atom. The first-order chi connectivity index (χ1) is 18.5. The largest absolute Gasteiger partial charge is 0.465 e. The molecule has 0 bridgehead atoms. The van der Waals surface area contributed by atoms with Gasteiger partial charge in [0.2, 0.25) is 11.8 Å². The smallest absolute Gasteiger partial charge is 0.415 e. The number of carboxylic acid groups (broad SMARTS) is 1. The minimum absolute atomic E-state index is 0.0224. The molecule has 39 heavy (non-hydrogen) atoms. The van der Waals surface area contributed by atoms with E-state index in [0.717, 1.165) is 12.8 Å². The average Bonchev–Trinajstić information content (AvgIpc) is 3.53. The molecule has 1 aromatic carbocycles. The third-order valence-corrected chi connectivity index (χ3v) is 7.24. The molecule has 1 saturated carbocycles. The van der Waals surface area contributed by atoms with E-state index >= 15 is 0 Å². The van der Waals surface area contributed by atoms with Gasteiger partial charge in [-0.25, -0.2) is 9.59 Å². The number of halogens is 1. The molecule has 3 fully saturated rings. The van der Waals surface area contributed by atoms with Crippen molar-refractivity contribution in [1.29, 1.82) is 0 Å². The highest BCUT2D eigenvalue weighted by atomic mass is 35.5. The molecule has 2 saturated heterocycles. The van der Waals surface area contributed by atoms with Gasteiger partial charge in [0, 0.05) is 23.2 Å². The summed E-state index contributed by atoms with van der Waals surface area (Å²) in [4.78, 5) is 65.3. The maximum atomic E-state index is 13.5. The van der Waals surface area contributed by atoms with Gasteiger partial charge in [-0.1, -0.05) is 31.0 Å². The monoisotopic (exact) mass is 565 g/mol. The van der Waals surface area contributed by atoms with Crippen molar-refractivity contribution in [1.82, 2.24) is 20.9 Å². The lowest BCUT2D eigenvalue weighted by Gasteiger charge is -2.28. The van der Waals surface area contributed by atoms with Gasteiger partial charge in [0.25, 0.3) is 5.91 Å². The number of amides is 5. The minimum Gasteiger partial charge on any atom is -0.465 e. The van der Waals surface area contributed by atoms with Crippen LogP contribution in [0.4, 0.5) is 15.3 Å². The number of carbonyl (C=O) groups excluding carboxylic acids is 4. The predicted molar refractivity (Wildman–Crippen MR) is 138 cm³/mol. The van der Waals surface area contributed by atoms with E-state index in [4.69, 9.17) is 21.4 Å². The Labute approximate surface area is 229 Å². The van der Waals surface area contributed by atoms with Crippen molar-refractivity contribution in [3.05, 3.63) is 29.3 Å². The lowest BCUT2D eigenvalue weighted by atomic mass is 9.98. The van der Waals surface area contributed by atoms with E-state index in [9.17, 15) is 29.1 Å². The molecule has 5 N–H and O–H groups in total. The van der Waals surface area contributed by atoms with E-state index in [1.165, 1.54) is 9.80 Å². The lowest BCUT2D eigenvalue weighted by molar-refractivity contribution is -0.139. The van der Waals surface area contributed by atoms with Crippen LogP contribution < -0.4 is 20.9 Å². The van der Waals surface area contributed by atoms with Crippen LogP contribution in [0, 0.1) is 0 Å². The van der Waals surface area contributed by atoms with E-state index in [-0.39, 0.29) is 25.6 Å². The third-order valence-electron chi connectivity index (χ3n) is 7.01. The average molecular weight is 566 g/mol. The van der Waals surface area contributed by atoms with Gasteiger partial charge >= 0.3 is 12.2 Å². The second kappa shape index (κ2) is 11.7. The first-order valence-corrected chi connectivity index (χ1v) is 13.2. The topological polar surface area (TPSA) is 178 Å². The van der Waals surface area contributed by atoms with E-state index in [1.54, 1.807) is 24.3 Å². The van der Waals surface area contributed by atoms with Gasteiger partial charge in [0.1, 0.15) is 12.6 Å². The van der Waals surface area contributed by atoms with Crippen molar-refractivity contribution in [2.24, 2.45) is 0 Å². The Morgan fingerprint density at radius 3 is 2.62 bits per heavy atom. The number of hydrogen-bond donors (Lipinski definition) is 5. The number of hydrogen-bond acceptors (Lipinski definition) is 7. The normalized spacial score (nSPS) is 23.8. The maximum absolute atomic E-state index is 13.5. The molecule has 1 unspecified atom stereocenters. The van der Waals surface area contributed by atoms with Crippen molar-refractivity contribution < 1.29 is 38.9 Å². The van der Waals surface area contributed by atoms with Crippen LogP contribution in [-0.2, 0) is 19.1 Å². The number of aliphatic hydroxyl groups excluding tert-OH is 1. The third kappa shape index (κ3) is 6.71. The molecular formula is C25H32ClN5O8. The van der Waals surface area contributed by atoms with E-state index in [1.807, 2.05) is 12.2 Å². The zero-order valence-electron chi connectivity index (χ0n) is 21.4. The number of anilines is 1. The van der Waals surface area contributed by atoms with Crippen LogP contribution in [0.3, 0.4) is 0 Å². The summed E-state index contributed by atoms with van der Waals surface area (Å²) in [6, 6.07) is 4.55. The molecule has 14 heteroatoms. The molecule has 5 amide bonds. The number of ether oxygens (including phenoxy) is 1. The fourth-order valence-corrected chi connectivity index (χ4v) is 5.13. The summed E-state index contributed by atoms with van der Waals surface area (Å²) in [5, 5.41) is 27.4. The summed E-state index contributed by atoms with van der Waals surface area (Å²) in [5.41, 5.74) is -0.766. The zero-order valence-corrected chi connectivity index (χ0v) is 22.1. The number of nitrogens with zero attached hydrogens (tertiary/aromatic N) is 2. The van der Waals surface area contributed by atoms with E-state index in [0.29, 0.717) is 23.6 Å². The number of rotatable bonds is 10. The molecule has 0 radical (unpaired) electrons. The highest BCUT2D eigenvalue weighted by Gasteiger charge is 2.56. The van der Waals surface area contributed by atoms with Crippen LogP contribution in [0.15, 0.2) is 24.3 Å². The Kier molecular flexibility index (Phi) is 8.50. The van der Waals surface area contributed by atoms with Gasteiger partial charge in [0.15, 0.2) is 11.7 Å². The second-order valence-electron chi connectivity index (χ2n) is 10.1. The van der Waals surface area contributed by atoms with Crippen molar-refractivity contribution in [2.45, 2.75) is 68.9 Å². The standard InChI is InChI=1S/C25H32ClN5O8/c1-2-4-17(20(33)22(35)28-15-7-8-15)29-21(34)18-10-25(13-31(18)19(32)11-27-23(36)37)12-30(24(38)39-25)16-6-3-5-14(26)9-16/h3,5-6,9,15,17-18,20,27,33H,2,4,7-8,10-13H2,1H3,(H,28,35)(H,29,34)(H,36,37)/t17-,18-,20?,25+/m0/s1. The number of carbonyl (C=O) groups is 5. The van der Waals surface area contributed by atoms with Gasteiger partial charge in [0.05, 0.1) is 19.1 Å². The fraction of sp³-hybridized carbons (Fsp3) is 0.560. The SMILES string of the molecule is CCC[C@H](NC(=O)[C@@H]1C[C@@]2(CN(c3cccc(Cl)c3)C(=O)O2)CN1C(=O)CNC(=O)O)C(O)C(=O)NC1CC1. The highest BCUT2D eigenvalue weighted by molar-refractivity contribution is 6.30. The summed E-state index contributed by atoms with van der Waals surface area (Å²) >= 11 is 6.08. The van der Waals surface area contributed by atoms with Crippen LogP contribution in [0.1, 0.15) is 39.0 Å². The fourth-order valence-electron chi connectivity index (χ4n) is 4.95. The summed E-state index contributed by atoms with van der Waals surface area (Å²) in [5.74, 6) is -1.92. The molecule has 1 aliphatic carbocycles. The zero-order chi connectivity index (χ0) is 28.3. The molecular weight excluding hydrogens is 534 g/mol. The molecule has 1 aromatic rings. The van der Waals surface area contributed by atoms with Gasteiger partial charge in [-0.2, -0.15) is 0 Å². The summed E-state index contributed by atoms with van der Waals surface area (Å²) in [6.07, 6.45) is -1.12. The number of nitrogens with one attached hydrogen (secondary N) is 3. The van der Waals surface area contributed by atoms with Crippen molar-refractivity contribution >= 4 is 47.2 Å². The van der Waals surface area contributed by atoms with Gasteiger partial charge in [-0.05, 0) is 37.5 Å². The molecule has 4 atom stereocenters. The van der Waals surface area contributed by atoms with E-state index in [2.05, 4.69) is 10.6 Å². The van der Waals surface area contributed by atoms with Gasteiger partial charge < -0.3 is 35.8 Å². The first kappa shape index (κ1) is 28.4. The molecule has 212 valence electrons. The van der Waals surface area contributed by atoms with Crippen LogP contribution >= 0.6 is 11.6 Å². The maximum Gasteiger partial charge on any atom is 0.415 e. The molecule has 1 spiro atoms. The summed E-state index contributed by atoms with van der Waals surface area (Å²) in [6.45, 7) is 1.12. The Bertz CT molecular complexity index is 1150. The molecule has 4 rings (SSSR count). The van der Waals surface area contributed by atoms with Crippen molar-refractivity contribution in [3.8, 4) is 0 Å². The van der Waals surface area contributed by atoms with Crippen LogP contribution in [0.25, 0.3) is 0 Å². The highest BCUT2D eigenvalue weighted by Crippen LogP contribution is 2.38. The first-order valence-electron chi connectivity index (χ1n) is 12.8. The minimum atomic E-state index is -1.50. The quantitative estimate of drug-likeness (QED) is 0.277. The molecule has 0 aromatic heterocycles. The van der Waals surface area contributed by atoms with Crippen LogP contribution in [-0.4, -0.2) is 94.5 Å². The summed E-state index contributed by atoms with van der Waals surface area (Å²) < 4.78 is 5.71. The Morgan fingerprint density at radius 2 is 1.97 bits per heavy atom. The summed E-state index contributed by atoms with van der Waals surface area (Å²) in [7, 11) is 0.